The topological polar surface area (TPSA) is 72.7 Å². The average Bonchev–Trinajstić information content (AvgIpc) is 3.31. The molecule has 1 amide bonds. The zero-order chi connectivity index (χ0) is 32.4. The second-order valence-corrected chi connectivity index (χ2v) is 20.4. The van der Waals surface area contributed by atoms with E-state index in [9.17, 15) is 4.79 Å². The van der Waals surface area contributed by atoms with E-state index in [-0.39, 0.29) is 17.2 Å². The number of amides is 1. The highest BCUT2D eigenvalue weighted by Crippen LogP contribution is 2.38. The number of ether oxygens (including phenoxy) is 1. The average molecular weight is 634 g/mol. The third kappa shape index (κ3) is 8.16. The number of likely N-dealkylation sites (tertiary alicyclic amines) is 1. The van der Waals surface area contributed by atoms with Crippen molar-refractivity contribution in [3.05, 3.63) is 59.7 Å². The van der Waals surface area contributed by atoms with Crippen LogP contribution in [-0.4, -0.2) is 70.6 Å². The summed E-state index contributed by atoms with van der Waals surface area (Å²) < 4.78 is 14.9. The molecule has 1 aliphatic carbocycles. The van der Waals surface area contributed by atoms with Gasteiger partial charge in [0.25, 0.3) is 0 Å². The van der Waals surface area contributed by atoms with Gasteiger partial charge in [0.1, 0.15) is 11.4 Å². The van der Waals surface area contributed by atoms with Gasteiger partial charge < -0.3 is 18.6 Å². The number of aromatic nitrogens is 3. The maximum absolute atomic E-state index is 13.0. The van der Waals surface area contributed by atoms with Gasteiger partial charge in [-0.1, -0.05) is 39.0 Å². The molecule has 1 aromatic carbocycles. The van der Waals surface area contributed by atoms with Crippen molar-refractivity contribution in [2.75, 3.05) is 26.2 Å². The number of carbonyl (C=O) groups is 1. The van der Waals surface area contributed by atoms with Crippen LogP contribution in [0.3, 0.4) is 0 Å². The van der Waals surface area contributed by atoms with Gasteiger partial charge in [-0.3, -0.25) is 9.88 Å². The lowest BCUT2D eigenvalue weighted by Gasteiger charge is -2.39. The Hall–Kier alpha value is -2.75. The minimum atomic E-state index is -1.89. The number of hydrogen-bond acceptors (Lipinski definition) is 6. The molecule has 0 bridgehead atoms. The molecular formula is C36H55N5O3Si. The highest BCUT2D eigenvalue weighted by Gasteiger charge is 2.38. The van der Waals surface area contributed by atoms with E-state index in [0.717, 1.165) is 75.1 Å². The number of fused-ring (bicyclic) bond motifs is 2. The number of carbonyl (C=O) groups excluding carboxylic acids is 1. The molecule has 0 N–H and O–H groups in total. The van der Waals surface area contributed by atoms with Crippen molar-refractivity contribution in [2.24, 2.45) is 5.92 Å². The normalized spacial score (nSPS) is 19.6. The molecule has 2 aromatic heterocycles. The Morgan fingerprint density at radius 2 is 1.82 bits per heavy atom. The molecule has 1 aliphatic heterocycles. The number of aryl methyl sites for hydroxylation is 1. The van der Waals surface area contributed by atoms with Gasteiger partial charge in [0.05, 0.1) is 29.3 Å². The van der Waals surface area contributed by atoms with Crippen LogP contribution in [-0.2, 0) is 28.7 Å². The number of pyridine rings is 1. The Balaban J connectivity index is 1.42. The van der Waals surface area contributed by atoms with Crippen molar-refractivity contribution >= 4 is 25.4 Å². The molecule has 0 spiro atoms. The van der Waals surface area contributed by atoms with Gasteiger partial charge in [-0.25, -0.2) is 9.78 Å². The van der Waals surface area contributed by atoms with Crippen LogP contribution in [0, 0.1) is 5.92 Å². The zero-order valence-electron chi connectivity index (χ0n) is 28.9. The molecule has 9 heteroatoms. The van der Waals surface area contributed by atoms with E-state index in [2.05, 4.69) is 79.7 Å². The number of hydrogen-bond donors (Lipinski definition) is 0. The lowest BCUT2D eigenvalue weighted by atomic mass is 9.91. The summed E-state index contributed by atoms with van der Waals surface area (Å²) in [5.41, 5.74) is 4.25. The molecule has 0 radical (unpaired) electrons. The molecule has 0 unspecified atom stereocenters. The third-order valence-corrected chi connectivity index (χ3v) is 14.5. The SMILES string of the molecule is CC(C)(C)OC(=O)N1CCC[C@H](Cn2c(CN(CCO[Si](C)(C)C(C)(C)C)[C@H]3CCCc4cccnc43)nc3ccccc32)C1. The van der Waals surface area contributed by atoms with Crippen LogP contribution in [0.25, 0.3) is 11.0 Å². The van der Waals surface area contributed by atoms with Gasteiger partial charge in [-0.2, -0.15) is 0 Å². The van der Waals surface area contributed by atoms with Crippen LogP contribution in [0.4, 0.5) is 4.79 Å². The summed E-state index contributed by atoms with van der Waals surface area (Å²) in [6, 6.07) is 13.0. The number of piperidine rings is 1. The fraction of sp³-hybridized carbons (Fsp3) is 0.639. The predicted octanol–water partition coefficient (Wildman–Crippen LogP) is 7.98. The molecule has 3 aromatic rings. The summed E-state index contributed by atoms with van der Waals surface area (Å²) in [5, 5.41) is 0.165. The fourth-order valence-corrected chi connectivity index (χ4v) is 7.55. The van der Waals surface area contributed by atoms with Crippen molar-refractivity contribution < 1.29 is 14.0 Å². The van der Waals surface area contributed by atoms with E-state index < -0.39 is 13.9 Å². The third-order valence-electron chi connectivity index (χ3n) is 9.94. The largest absolute Gasteiger partial charge is 0.444 e. The molecule has 0 saturated carbocycles. The Morgan fingerprint density at radius 3 is 2.58 bits per heavy atom. The highest BCUT2D eigenvalue weighted by atomic mass is 28.4. The lowest BCUT2D eigenvalue weighted by molar-refractivity contribution is 0.0157. The van der Waals surface area contributed by atoms with Gasteiger partial charge in [-0.05, 0) is 101 Å². The van der Waals surface area contributed by atoms with Crippen LogP contribution >= 0.6 is 0 Å². The van der Waals surface area contributed by atoms with Crippen LogP contribution < -0.4 is 0 Å². The van der Waals surface area contributed by atoms with Crippen LogP contribution in [0.1, 0.15) is 90.3 Å². The number of nitrogens with zero attached hydrogens (tertiary/aromatic N) is 5. The molecule has 2 aliphatic rings. The Bertz CT molecular complexity index is 1460. The van der Waals surface area contributed by atoms with Gasteiger partial charge >= 0.3 is 6.09 Å². The molecule has 2 atom stereocenters. The first kappa shape index (κ1) is 33.6. The fourth-order valence-electron chi connectivity index (χ4n) is 6.52. The minimum absolute atomic E-state index is 0.165. The van der Waals surface area contributed by atoms with E-state index >= 15 is 0 Å². The number of rotatable bonds is 9. The molecular weight excluding hydrogens is 579 g/mol. The van der Waals surface area contributed by atoms with E-state index in [0.29, 0.717) is 19.1 Å². The lowest BCUT2D eigenvalue weighted by Crippen LogP contribution is -2.44. The van der Waals surface area contributed by atoms with E-state index in [1.165, 1.54) is 11.3 Å². The molecule has 5 rings (SSSR count). The van der Waals surface area contributed by atoms with Crippen molar-refractivity contribution in [2.45, 2.75) is 117 Å². The summed E-state index contributed by atoms with van der Waals surface area (Å²) in [6.07, 6.45) is 7.11. The summed E-state index contributed by atoms with van der Waals surface area (Å²) in [5.74, 6) is 1.40. The van der Waals surface area contributed by atoms with Crippen LogP contribution in [0.15, 0.2) is 42.6 Å². The van der Waals surface area contributed by atoms with Crippen LogP contribution in [0.5, 0.6) is 0 Å². The minimum Gasteiger partial charge on any atom is -0.444 e. The van der Waals surface area contributed by atoms with Crippen LogP contribution in [0.2, 0.25) is 18.1 Å². The molecule has 3 heterocycles. The highest BCUT2D eigenvalue weighted by molar-refractivity contribution is 6.74. The summed E-state index contributed by atoms with van der Waals surface area (Å²) in [6.45, 7) is 21.9. The summed E-state index contributed by atoms with van der Waals surface area (Å²) >= 11 is 0. The first-order chi connectivity index (χ1) is 21.2. The number of imidazole rings is 1. The maximum Gasteiger partial charge on any atom is 0.410 e. The number of para-hydroxylation sites is 2. The van der Waals surface area contributed by atoms with Crippen molar-refractivity contribution in [3.63, 3.8) is 0 Å². The van der Waals surface area contributed by atoms with Gasteiger partial charge in [0.2, 0.25) is 0 Å². The smallest absolute Gasteiger partial charge is 0.410 e. The Kier molecular flexibility index (Phi) is 10.1. The summed E-state index contributed by atoms with van der Waals surface area (Å²) in [7, 11) is -1.89. The second-order valence-electron chi connectivity index (χ2n) is 15.6. The maximum atomic E-state index is 13.0. The van der Waals surface area contributed by atoms with Crippen molar-refractivity contribution in [1.29, 1.82) is 0 Å². The Morgan fingerprint density at radius 1 is 1.04 bits per heavy atom. The standard InChI is InChI=1S/C36H55N5O3Si/c1-35(2,3)44-34(42)40-21-13-14-27(24-40)25-41-30-18-10-9-17-29(30)38-32(41)26-39(22-23-43-45(7,8)36(4,5)6)31-19-11-15-28-16-12-20-37-33(28)31/h9-10,12,16-18,20,27,31H,11,13-15,19,21-26H2,1-8H3/t27-,31-/m0/s1. The van der Waals surface area contributed by atoms with Gasteiger partial charge in [-0.15, -0.1) is 0 Å². The quantitative estimate of drug-likeness (QED) is 0.223. The predicted molar refractivity (Wildman–Crippen MR) is 184 cm³/mol. The van der Waals surface area contributed by atoms with E-state index in [4.69, 9.17) is 19.1 Å². The zero-order valence-corrected chi connectivity index (χ0v) is 29.9. The number of benzene rings is 1. The second kappa shape index (κ2) is 13.5. The first-order valence-corrected chi connectivity index (χ1v) is 19.9. The van der Waals surface area contributed by atoms with Gasteiger partial charge in [0, 0.05) is 39.0 Å². The monoisotopic (exact) mass is 633 g/mol. The van der Waals surface area contributed by atoms with Gasteiger partial charge in [0.15, 0.2) is 8.32 Å². The van der Waals surface area contributed by atoms with Crippen molar-refractivity contribution in [1.82, 2.24) is 24.3 Å². The first-order valence-electron chi connectivity index (χ1n) is 17.0. The Labute approximate surface area is 271 Å². The molecule has 1 saturated heterocycles. The molecule has 1 fully saturated rings. The molecule has 8 nitrogen and oxygen atoms in total. The molecule has 246 valence electrons. The van der Waals surface area contributed by atoms with Crippen molar-refractivity contribution in [3.8, 4) is 0 Å². The van der Waals surface area contributed by atoms with E-state index in [1.807, 2.05) is 31.9 Å². The molecule has 45 heavy (non-hydrogen) atoms. The van der Waals surface area contributed by atoms with E-state index in [1.54, 1.807) is 0 Å². The summed E-state index contributed by atoms with van der Waals surface area (Å²) in [4.78, 5) is 27.6.